The molecule has 1 heterocycles. The molecule has 0 spiro atoms. The molecule has 2 rings (SSSR count). The Bertz CT molecular complexity index is 754. The van der Waals surface area contributed by atoms with Crippen molar-refractivity contribution in [3.05, 3.63) is 51.3 Å². The predicted octanol–water partition coefficient (Wildman–Crippen LogP) is 3.33. The van der Waals surface area contributed by atoms with E-state index in [-0.39, 0.29) is 24.1 Å². The first-order chi connectivity index (χ1) is 10.7. The van der Waals surface area contributed by atoms with Crippen molar-refractivity contribution in [1.82, 2.24) is 4.98 Å². The van der Waals surface area contributed by atoms with E-state index in [1.54, 1.807) is 6.07 Å². The number of ether oxygens (including phenoxy) is 1. The third-order valence-electron chi connectivity index (χ3n) is 4.02. The molecule has 4 heteroatoms. The summed E-state index contributed by atoms with van der Waals surface area (Å²) in [5.74, 6) is 0.672. The van der Waals surface area contributed by atoms with Crippen LogP contribution in [0.3, 0.4) is 0 Å². The molecule has 4 nitrogen and oxygen atoms in total. The second-order valence-corrected chi connectivity index (χ2v) is 6.83. The number of rotatable bonds is 4. The summed E-state index contributed by atoms with van der Waals surface area (Å²) in [6.45, 7) is 10.3. The summed E-state index contributed by atoms with van der Waals surface area (Å²) in [7, 11) is 0. The monoisotopic (exact) mass is 315 g/mol. The highest BCUT2D eigenvalue weighted by Crippen LogP contribution is 2.33. The van der Waals surface area contributed by atoms with E-state index in [1.165, 1.54) is 0 Å². The summed E-state index contributed by atoms with van der Waals surface area (Å²) in [6.07, 6.45) is 0. The standard InChI is InChI=1S/C19H25NO3/c1-12-13(2)20-16(11-17(12)22)15-7-6-14(19(3,4)5)10-18(15)23-9-8-21/h6-7,10-11,21H,8-9H2,1-5H3,(H,20,22). The van der Waals surface area contributed by atoms with Crippen LogP contribution in [0, 0.1) is 13.8 Å². The average molecular weight is 315 g/mol. The second kappa shape index (κ2) is 6.59. The normalized spacial score (nSPS) is 11.6. The quantitative estimate of drug-likeness (QED) is 0.909. The minimum Gasteiger partial charge on any atom is -0.490 e. The lowest BCUT2D eigenvalue weighted by Gasteiger charge is -2.21. The number of hydrogen-bond donors (Lipinski definition) is 2. The number of aliphatic hydroxyl groups excluding tert-OH is 1. The Balaban J connectivity index is 2.59. The SMILES string of the molecule is Cc1[nH]c(-c2ccc(C(C)(C)C)cc2OCCO)cc(=O)c1C. The maximum Gasteiger partial charge on any atom is 0.185 e. The molecule has 0 saturated heterocycles. The van der Waals surface area contributed by atoms with Crippen molar-refractivity contribution in [2.45, 2.75) is 40.0 Å². The molecule has 0 unspecified atom stereocenters. The molecule has 23 heavy (non-hydrogen) atoms. The van der Waals surface area contributed by atoms with Gasteiger partial charge in [0.25, 0.3) is 0 Å². The van der Waals surface area contributed by atoms with Crippen molar-refractivity contribution < 1.29 is 9.84 Å². The van der Waals surface area contributed by atoms with Crippen LogP contribution in [-0.2, 0) is 5.41 Å². The Morgan fingerprint density at radius 2 is 1.87 bits per heavy atom. The molecule has 2 aromatic rings. The fourth-order valence-electron chi connectivity index (χ4n) is 2.39. The maximum atomic E-state index is 12.1. The van der Waals surface area contributed by atoms with E-state index in [1.807, 2.05) is 26.0 Å². The highest BCUT2D eigenvalue weighted by molar-refractivity contribution is 5.68. The zero-order valence-corrected chi connectivity index (χ0v) is 14.5. The first kappa shape index (κ1) is 17.3. The molecule has 0 aliphatic rings. The summed E-state index contributed by atoms with van der Waals surface area (Å²) < 4.78 is 5.71. The van der Waals surface area contributed by atoms with Gasteiger partial charge < -0.3 is 14.8 Å². The van der Waals surface area contributed by atoms with Crippen LogP contribution in [-0.4, -0.2) is 23.3 Å². The zero-order valence-electron chi connectivity index (χ0n) is 14.5. The van der Waals surface area contributed by atoms with Crippen LogP contribution in [0.1, 0.15) is 37.6 Å². The van der Waals surface area contributed by atoms with Crippen LogP contribution < -0.4 is 10.2 Å². The summed E-state index contributed by atoms with van der Waals surface area (Å²) in [6, 6.07) is 7.60. The maximum absolute atomic E-state index is 12.1. The highest BCUT2D eigenvalue weighted by atomic mass is 16.5. The number of aromatic nitrogens is 1. The minimum atomic E-state index is -0.0529. The zero-order chi connectivity index (χ0) is 17.2. The third-order valence-corrected chi connectivity index (χ3v) is 4.02. The highest BCUT2D eigenvalue weighted by Gasteiger charge is 2.17. The van der Waals surface area contributed by atoms with Crippen LogP contribution in [0.5, 0.6) is 5.75 Å². The van der Waals surface area contributed by atoms with Crippen molar-refractivity contribution in [3.63, 3.8) is 0 Å². The van der Waals surface area contributed by atoms with Crippen molar-refractivity contribution in [3.8, 4) is 17.0 Å². The van der Waals surface area contributed by atoms with Crippen LogP contribution in [0.15, 0.2) is 29.1 Å². The Labute approximate surface area is 137 Å². The van der Waals surface area contributed by atoms with Gasteiger partial charge in [-0.05, 0) is 37.0 Å². The first-order valence-corrected chi connectivity index (χ1v) is 7.83. The molecule has 0 radical (unpaired) electrons. The van der Waals surface area contributed by atoms with E-state index in [2.05, 4.69) is 31.8 Å². The number of nitrogens with one attached hydrogen (secondary N) is 1. The van der Waals surface area contributed by atoms with Gasteiger partial charge in [-0.15, -0.1) is 0 Å². The van der Waals surface area contributed by atoms with E-state index in [0.29, 0.717) is 5.75 Å². The van der Waals surface area contributed by atoms with Crippen molar-refractivity contribution in [1.29, 1.82) is 0 Å². The lowest BCUT2D eigenvalue weighted by Crippen LogP contribution is -2.13. The summed E-state index contributed by atoms with van der Waals surface area (Å²) in [5, 5.41) is 9.06. The van der Waals surface area contributed by atoms with Gasteiger partial charge in [0, 0.05) is 22.9 Å². The lowest BCUT2D eigenvalue weighted by molar-refractivity contribution is 0.201. The van der Waals surface area contributed by atoms with E-state index in [4.69, 9.17) is 9.84 Å². The third kappa shape index (κ3) is 3.82. The lowest BCUT2D eigenvalue weighted by atomic mass is 9.86. The van der Waals surface area contributed by atoms with E-state index < -0.39 is 0 Å². The largest absolute Gasteiger partial charge is 0.490 e. The van der Waals surface area contributed by atoms with Crippen molar-refractivity contribution in [2.24, 2.45) is 0 Å². The molecule has 0 bridgehead atoms. The fourth-order valence-corrected chi connectivity index (χ4v) is 2.39. The molecule has 2 N–H and O–H groups in total. The van der Waals surface area contributed by atoms with Crippen molar-refractivity contribution >= 4 is 0 Å². The van der Waals surface area contributed by atoms with E-state index in [9.17, 15) is 4.79 Å². The Morgan fingerprint density at radius 3 is 2.43 bits per heavy atom. The number of aromatic amines is 1. The molecule has 124 valence electrons. The topological polar surface area (TPSA) is 62.3 Å². The molecule has 0 amide bonds. The number of benzene rings is 1. The Hall–Kier alpha value is -2.07. The molecule has 0 atom stereocenters. The molecule has 0 fully saturated rings. The van der Waals surface area contributed by atoms with Crippen LogP contribution >= 0.6 is 0 Å². The number of aryl methyl sites for hydroxylation is 1. The average Bonchev–Trinajstić information content (AvgIpc) is 2.49. The smallest absolute Gasteiger partial charge is 0.185 e. The molecule has 0 saturated carbocycles. The van der Waals surface area contributed by atoms with Gasteiger partial charge in [-0.25, -0.2) is 0 Å². The van der Waals surface area contributed by atoms with E-state index >= 15 is 0 Å². The predicted molar refractivity (Wildman–Crippen MR) is 93.3 cm³/mol. The van der Waals surface area contributed by atoms with Crippen LogP contribution in [0.25, 0.3) is 11.3 Å². The van der Waals surface area contributed by atoms with Gasteiger partial charge in [0.2, 0.25) is 0 Å². The van der Waals surface area contributed by atoms with Gasteiger partial charge in [-0.3, -0.25) is 4.79 Å². The number of aliphatic hydroxyl groups is 1. The van der Waals surface area contributed by atoms with Gasteiger partial charge in [0.1, 0.15) is 12.4 Å². The van der Waals surface area contributed by atoms with Crippen LogP contribution in [0.4, 0.5) is 0 Å². The van der Waals surface area contributed by atoms with Crippen LogP contribution in [0.2, 0.25) is 0 Å². The first-order valence-electron chi connectivity index (χ1n) is 7.83. The molecular formula is C19H25NO3. The van der Waals surface area contributed by atoms with Gasteiger partial charge >= 0.3 is 0 Å². The fraction of sp³-hybridized carbons (Fsp3) is 0.421. The summed E-state index contributed by atoms with van der Waals surface area (Å²) >= 11 is 0. The Morgan fingerprint density at radius 1 is 1.17 bits per heavy atom. The van der Waals surface area contributed by atoms with E-state index in [0.717, 1.165) is 28.1 Å². The van der Waals surface area contributed by atoms with Crippen molar-refractivity contribution in [2.75, 3.05) is 13.2 Å². The van der Waals surface area contributed by atoms with Gasteiger partial charge in [-0.2, -0.15) is 0 Å². The molecule has 1 aromatic carbocycles. The second-order valence-electron chi connectivity index (χ2n) is 6.83. The summed E-state index contributed by atoms with van der Waals surface area (Å²) in [4.78, 5) is 15.3. The molecule has 0 aliphatic heterocycles. The Kier molecular flexibility index (Phi) is 4.95. The van der Waals surface area contributed by atoms with Gasteiger partial charge in [0.15, 0.2) is 5.43 Å². The molecule has 0 aliphatic carbocycles. The number of H-pyrrole nitrogens is 1. The summed E-state index contributed by atoms with van der Waals surface area (Å²) in [5.41, 5.74) is 4.26. The molecule has 1 aromatic heterocycles. The van der Waals surface area contributed by atoms with Gasteiger partial charge in [0.05, 0.1) is 12.3 Å². The van der Waals surface area contributed by atoms with Gasteiger partial charge in [-0.1, -0.05) is 26.8 Å². The number of pyridine rings is 1. The minimum absolute atomic E-state index is 0.00394. The number of hydrogen-bond acceptors (Lipinski definition) is 3. The molecular weight excluding hydrogens is 290 g/mol.